The topological polar surface area (TPSA) is 46.6 Å². The van der Waals surface area contributed by atoms with Gasteiger partial charge < -0.3 is 0 Å². The Kier molecular flexibility index (Phi) is 6.77. The highest BCUT2D eigenvalue weighted by Gasteiger charge is 2.23. The molecule has 0 radical (unpaired) electrons. The van der Waals surface area contributed by atoms with E-state index in [1.165, 1.54) is 6.42 Å². The van der Waals surface area contributed by atoms with Gasteiger partial charge in [0.2, 0.25) is 0 Å². The first-order valence-corrected chi connectivity index (χ1v) is 9.06. The molecule has 0 aliphatic heterocycles. The molecule has 4 nitrogen and oxygen atoms in total. The van der Waals surface area contributed by atoms with Crippen LogP contribution in [0.2, 0.25) is 0 Å². The van der Waals surface area contributed by atoms with Crippen molar-refractivity contribution in [2.75, 3.05) is 12.3 Å². The van der Waals surface area contributed by atoms with Crippen molar-refractivity contribution in [1.82, 2.24) is 4.90 Å². The minimum Gasteiger partial charge on any atom is -0.297 e. The quantitative estimate of drug-likeness (QED) is 0.677. The lowest BCUT2D eigenvalue weighted by Gasteiger charge is -2.30. The molecule has 1 rings (SSSR count). The second-order valence-electron chi connectivity index (χ2n) is 6.04. The molecule has 0 bridgehead atoms. The summed E-state index contributed by atoms with van der Waals surface area (Å²) in [4.78, 5) is 2.18. The maximum atomic E-state index is 12.0. The number of hydrogen-bond acceptors (Lipinski definition) is 4. The molecule has 0 aromatic heterocycles. The van der Waals surface area contributed by atoms with Crippen molar-refractivity contribution < 1.29 is 12.6 Å². The van der Waals surface area contributed by atoms with E-state index >= 15 is 0 Å². The highest BCUT2D eigenvalue weighted by atomic mass is 32.2. The van der Waals surface area contributed by atoms with Crippen LogP contribution in [0.25, 0.3) is 0 Å². The second-order valence-corrected chi connectivity index (χ2v) is 7.76. The fourth-order valence-corrected chi connectivity index (χ4v) is 3.88. The molecule has 1 aliphatic carbocycles. The summed E-state index contributed by atoms with van der Waals surface area (Å²) >= 11 is 0. The van der Waals surface area contributed by atoms with Gasteiger partial charge in [-0.15, -0.1) is 0 Å². The molecule has 0 aromatic rings. The third kappa shape index (κ3) is 6.23. The Bertz CT molecular complexity index is 338. The van der Waals surface area contributed by atoms with Gasteiger partial charge in [-0.05, 0) is 40.5 Å². The van der Waals surface area contributed by atoms with Crippen molar-refractivity contribution in [1.29, 1.82) is 0 Å². The first kappa shape index (κ1) is 16.9. The van der Waals surface area contributed by atoms with Gasteiger partial charge in [0.15, 0.2) is 0 Å². The predicted octanol–water partition coefficient (Wildman–Crippen LogP) is 2.78. The zero-order valence-electron chi connectivity index (χ0n) is 12.8. The van der Waals surface area contributed by atoms with Crippen molar-refractivity contribution in [2.45, 2.75) is 78.0 Å². The molecule has 5 heteroatoms. The van der Waals surface area contributed by atoms with Crippen LogP contribution in [0.4, 0.5) is 0 Å². The average molecular weight is 291 g/mol. The largest absolute Gasteiger partial charge is 0.297 e. The lowest BCUT2D eigenvalue weighted by atomic mass is 9.98. The van der Waals surface area contributed by atoms with Crippen LogP contribution >= 0.6 is 0 Å². The van der Waals surface area contributed by atoms with E-state index in [-0.39, 0.29) is 11.9 Å². The van der Waals surface area contributed by atoms with Crippen LogP contribution in [0.3, 0.4) is 0 Å². The van der Waals surface area contributed by atoms with Crippen LogP contribution in [0.1, 0.15) is 59.8 Å². The van der Waals surface area contributed by atoms with E-state index in [9.17, 15) is 8.42 Å². The van der Waals surface area contributed by atoms with Crippen LogP contribution in [-0.2, 0) is 14.3 Å². The lowest BCUT2D eigenvalue weighted by molar-refractivity contribution is 0.155. The van der Waals surface area contributed by atoms with Gasteiger partial charge in [0.1, 0.15) is 0 Å². The average Bonchev–Trinajstić information content (AvgIpc) is 2.28. The van der Waals surface area contributed by atoms with Gasteiger partial charge >= 0.3 is 0 Å². The zero-order valence-corrected chi connectivity index (χ0v) is 13.6. The van der Waals surface area contributed by atoms with Crippen molar-refractivity contribution >= 4 is 10.1 Å². The summed E-state index contributed by atoms with van der Waals surface area (Å²) in [6.45, 7) is 8.91. The molecular weight excluding hydrogens is 262 g/mol. The standard InChI is InChI=1S/C14H29NO3S/c1-12(2)15(13(3)4)10-11-19(16,17)18-14-8-6-5-7-9-14/h12-14H,5-11H2,1-4H3. The molecule has 19 heavy (non-hydrogen) atoms. The Labute approximate surface area is 118 Å². The van der Waals surface area contributed by atoms with E-state index < -0.39 is 10.1 Å². The van der Waals surface area contributed by atoms with Crippen LogP contribution in [-0.4, -0.2) is 43.8 Å². The Morgan fingerprint density at radius 3 is 2.05 bits per heavy atom. The van der Waals surface area contributed by atoms with E-state index in [0.29, 0.717) is 18.6 Å². The molecule has 1 saturated carbocycles. The number of rotatable bonds is 7. The van der Waals surface area contributed by atoms with E-state index in [2.05, 4.69) is 32.6 Å². The molecule has 0 spiro atoms. The fraction of sp³-hybridized carbons (Fsp3) is 1.00. The van der Waals surface area contributed by atoms with Gasteiger partial charge in [-0.3, -0.25) is 9.08 Å². The van der Waals surface area contributed by atoms with Gasteiger partial charge in [0, 0.05) is 18.6 Å². The highest BCUT2D eigenvalue weighted by Crippen LogP contribution is 2.22. The molecule has 114 valence electrons. The Morgan fingerprint density at radius 1 is 1.05 bits per heavy atom. The SMILES string of the molecule is CC(C)N(CCS(=O)(=O)OC1CCCCC1)C(C)C. The smallest absolute Gasteiger partial charge is 0.268 e. The first-order valence-electron chi connectivity index (χ1n) is 7.48. The second kappa shape index (κ2) is 7.60. The molecule has 1 fully saturated rings. The Morgan fingerprint density at radius 2 is 1.58 bits per heavy atom. The van der Waals surface area contributed by atoms with Gasteiger partial charge in [-0.2, -0.15) is 8.42 Å². The van der Waals surface area contributed by atoms with Gasteiger partial charge in [-0.25, -0.2) is 0 Å². The normalized spacial score (nSPS) is 18.7. The van der Waals surface area contributed by atoms with Crippen LogP contribution in [0, 0.1) is 0 Å². The molecule has 0 heterocycles. The summed E-state index contributed by atoms with van der Waals surface area (Å²) in [5.41, 5.74) is 0. The Balaban J connectivity index is 2.45. The maximum absolute atomic E-state index is 12.0. The summed E-state index contributed by atoms with van der Waals surface area (Å²) in [6.07, 6.45) is 5.07. The summed E-state index contributed by atoms with van der Waals surface area (Å²) in [7, 11) is -3.38. The molecule has 0 atom stereocenters. The van der Waals surface area contributed by atoms with Crippen molar-refractivity contribution in [3.63, 3.8) is 0 Å². The fourth-order valence-electron chi connectivity index (χ4n) is 2.75. The van der Waals surface area contributed by atoms with Crippen LogP contribution in [0.15, 0.2) is 0 Å². The van der Waals surface area contributed by atoms with E-state index in [4.69, 9.17) is 4.18 Å². The monoisotopic (exact) mass is 291 g/mol. The summed E-state index contributed by atoms with van der Waals surface area (Å²) in [5, 5.41) is 0. The minimum absolute atomic E-state index is 0.0784. The summed E-state index contributed by atoms with van der Waals surface area (Å²) in [5.74, 6) is 0.0971. The maximum Gasteiger partial charge on any atom is 0.268 e. The van der Waals surface area contributed by atoms with Crippen LogP contribution in [0.5, 0.6) is 0 Å². The lowest BCUT2D eigenvalue weighted by Crippen LogP contribution is -2.40. The van der Waals surface area contributed by atoms with Crippen LogP contribution < -0.4 is 0 Å². The van der Waals surface area contributed by atoms with E-state index in [1.54, 1.807) is 0 Å². The van der Waals surface area contributed by atoms with E-state index in [0.717, 1.165) is 25.7 Å². The summed E-state index contributed by atoms with van der Waals surface area (Å²) < 4.78 is 29.3. The van der Waals surface area contributed by atoms with Crippen molar-refractivity contribution in [3.8, 4) is 0 Å². The molecular formula is C14H29NO3S. The highest BCUT2D eigenvalue weighted by molar-refractivity contribution is 7.86. The molecule has 0 unspecified atom stereocenters. The van der Waals surface area contributed by atoms with Gasteiger partial charge in [-0.1, -0.05) is 19.3 Å². The molecule has 0 N–H and O–H groups in total. The predicted molar refractivity (Wildman–Crippen MR) is 78.7 cm³/mol. The van der Waals surface area contributed by atoms with Gasteiger partial charge in [0.05, 0.1) is 11.9 Å². The van der Waals surface area contributed by atoms with Gasteiger partial charge in [0.25, 0.3) is 10.1 Å². The first-order chi connectivity index (χ1) is 8.82. The molecule has 0 amide bonds. The van der Waals surface area contributed by atoms with E-state index in [1.807, 2.05) is 0 Å². The third-order valence-corrected chi connectivity index (χ3v) is 5.01. The number of hydrogen-bond donors (Lipinski definition) is 0. The molecule has 1 aliphatic rings. The minimum atomic E-state index is -3.38. The van der Waals surface area contributed by atoms with Crippen molar-refractivity contribution in [2.24, 2.45) is 0 Å². The molecule has 0 saturated heterocycles. The number of nitrogens with zero attached hydrogens (tertiary/aromatic N) is 1. The molecule has 0 aromatic carbocycles. The Hall–Kier alpha value is -0.130. The third-order valence-electron chi connectivity index (χ3n) is 3.76. The zero-order chi connectivity index (χ0) is 14.5. The summed E-state index contributed by atoms with van der Waals surface area (Å²) in [6, 6.07) is 0.703. The van der Waals surface area contributed by atoms with Crippen molar-refractivity contribution in [3.05, 3.63) is 0 Å².